The van der Waals surface area contributed by atoms with Gasteiger partial charge in [0.2, 0.25) is 0 Å². The van der Waals surface area contributed by atoms with Crippen LogP contribution in [0.3, 0.4) is 0 Å². The minimum absolute atomic E-state index is 1.02. The lowest BCUT2D eigenvalue weighted by Crippen LogP contribution is -2.03. The van der Waals surface area contributed by atoms with Gasteiger partial charge in [-0.3, -0.25) is 0 Å². The highest BCUT2D eigenvalue weighted by Gasteiger charge is 2.18. The number of hydrogen-bond donors (Lipinski definition) is 1. The lowest BCUT2D eigenvalue weighted by Gasteiger charge is -2.15. The van der Waals surface area contributed by atoms with Crippen LogP contribution in [0.25, 0.3) is 11.3 Å². The first-order chi connectivity index (χ1) is 9.24. The number of rotatable bonds is 0. The number of fused-ring (bicyclic) bond motifs is 3. The molecule has 0 fully saturated rings. The van der Waals surface area contributed by atoms with Crippen molar-refractivity contribution in [3.05, 3.63) is 40.8 Å². The summed E-state index contributed by atoms with van der Waals surface area (Å²) < 4.78 is 0. The van der Waals surface area contributed by atoms with E-state index in [0.717, 1.165) is 24.4 Å². The molecule has 0 saturated carbocycles. The lowest BCUT2D eigenvalue weighted by atomic mass is 9.91. The molecule has 0 aliphatic heterocycles. The number of aromatic amines is 1. The van der Waals surface area contributed by atoms with E-state index in [0.29, 0.717) is 0 Å². The maximum atomic E-state index is 4.57. The average Bonchev–Trinajstić information content (AvgIpc) is 2.83. The van der Waals surface area contributed by atoms with Gasteiger partial charge in [0, 0.05) is 11.3 Å². The molecule has 0 radical (unpaired) electrons. The van der Waals surface area contributed by atoms with Gasteiger partial charge in [-0.15, -0.1) is 0 Å². The molecular weight excluding hydrogens is 232 g/mol. The summed E-state index contributed by atoms with van der Waals surface area (Å²) in [4.78, 5) is 7.91. The Kier molecular flexibility index (Phi) is 5.81. The zero-order valence-corrected chi connectivity index (χ0v) is 13.1. The normalized spacial score (nSPS) is 11.3. The van der Waals surface area contributed by atoms with Crippen LogP contribution in [0.1, 0.15) is 50.3 Å². The molecule has 2 nitrogen and oxygen atoms in total. The summed E-state index contributed by atoms with van der Waals surface area (Å²) in [7, 11) is 0. The number of imidazole rings is 1. The number of aromatic nitrogens is 2. The quantitative estimate of drug-likeness (QED) is 0.719. The monoisotopic (exact) mass is 258 g/mol. The Morgan fingerprint density at radius 3 is 2.37 bits per heavy atom. The molecule has 2 heteroatoms. The van der Waals surface area contributed by atoms with Gasteiger partial charge in [0.05, 0.1) is 5.69 Å². The van der Waals surface area contributed by atoms with Gasteiger partial charge in [0.25, 0.3) is 0 Å². The fourth-order valence-corrected chi connectivity index (χ4v) is 2.36. The third kappa shape index (κ3) is 3.25. The molecule has 3 rings (SSSR count). The summed E-state index contributed by atoms with van der Waals surface area (Å²) in [6.07, 6.45) is 2.22. The molecule has 2 aromatic rings. The van der Waals surface area contributed by atoms with E-state index in [2.05, 4.69) is 35.1 Å². The van der Waals surface area contributed by atoms with Crippen molar-refractivity contribution in [2.45, 2.75) is 54.4 Å². The standard InChI is InChI=1S/C13H14N2.2C2H6/c1-8-3-5-11-10(7-8)4-6-12-13(11)15-9(2)14-12;2*1-2/h3,5,7H,4,6H2,1-2H3,(H,14,15);2*1-2H3. The summed E-state index contributed by atoms with van der Waals surface area (Å²) in [5.41, 5.74) is 6.54. The van der Waals surface area contributed by atoms with Crippen LogP contribution in [0.15, 0.2) is 18.2 Å². The maximum absolute atomic E-state index is 4.57. The molecule has 0 atom stereocenters. The Hall–Kier alpha value is -1.57. The van der Waals surface area contributed by atoms with Crippen molar-refractivity contribution < 1.29 is 0 Å². The first-order valence-corrected chi connectivity index (χ1v) is 7.39. The molecule has 0 unspecified atom stereocenters. The zero-order valence-electron chi connectivity index (χ0n) is 13.1. The van der Waals surface area contributed by atoms with Crippen LogP contribution >= 0.6 is 0 Å². The summed E-state index contributed by atoms with van der Waals surface area (Å²) in [6.45, 7) is 12.2. The van der Waals surface area contributed by atoms with E-state index < -0.39 is 0 Å². The molecule has 1 heterocycles. The van der Waals surface area contributed by atoms with Crippen molar-refractivity contribution in [3.63, 3.8) is 0 Å². The molecule has 1 N–H and O–H groups in total. The van der Waals surface area contributed by atoms with E-state index in [1.54, 1.807) is 0 Å². The predicted octanol–water partition coefficient (Wildman–Crippen LogP) is 4.84. The van der Waals surface area contributed by atoms with Gasteiger partial charge in [-0.25, -0.2) is 4.98 Å². The van der Waals surface area contributed by atoms with Gasteiger partial charge in [-0.1, -0.05) is 51.5 Å². The number of nitrogens with one attached hydrogen (secondary N) is 1. The summed E-state index contributed by atoms with van der Waals surface area (Å²) in [5, 5.41) is 0. The Bertz CT molecular complexity index is 524. The molecule has 1 aromatic carbocycles. The zero-order chi connectivity index (χ0) is 14.4. The number of nitrogens with zero attached hydrogens (tertiary/aromatic N) is 1. The smallest absolute Gasteiger partial charge is 0.103 e. The average molecular weight is 258 g/mol. The van der Waals surface area contributed by atoms with E-state index in [9.17, 15) is 0 Å². The van der Waals surface area contributed by atoms with Crippen molar-refractivity contribution >= 4 is 0 Å². The van der Waals surface area contributed by atoms with Crippen LogP contribution in [0.5, 0.6) is 0 Å². The Morgan fingerprint density at radius 2 is 1.68 bits per heavy atom. The number of hydrogen-bond acceptors (Lipinski definition) is 1. The summed E-state index contributed by atoms with van der Waals surface area (Å²) in [5.74, 6) is 1.02. The van der Waals surface area contributed by atoms with E-state index >= 15 is 0 Å². The minimum Gasteiger partial charge on any atom is -0.346 e. The third-order valence-corrected chi connectivity index (χ3v) is 3.06. The molecule has 1 aliphatic rings. The fourth-order valence-electron chi connectivity index (χ4n) is 2.36. The van der Waals surface area contributed by atoms with Crippen LogP contribution < -0.4 is 0 Å². The second kappa shape index (κ2) is 7.13. The summed E-state index contributed by atoms with van der Waals surface area (Å²) in [6, 6.07) is 6.64. The highest BCUT2D eigenvalue weighted by molar-refractivity contribution is 5.69. The van der Waals surface area contributed by atoms with E-state index in [1.807, 2.05) is 34.6 Å². The molecule has 0 spiro atoms. The highest BCUT2D eigenvalue weighted by atomic mass is 14.9. The summed E-state index contributed by atoms with van der Waals surface area (Å²) >= 11 is 0. The topological polar surface area (TPSA) is 28.7 Å². The Morgan fingerprint density at radius 1 is 1.00 bits per heavy atom. The molecular formula is C17H26N2. The fraction of sp³-hybridized carbons (Fsp3) is 0.471. The molecule has 0 saturated heterocycles. The van der Waals surface area contributed by atoms with Crippen molar-refractivity contribution in [2.75, 3.05) is 0 Å². The second-order valence-electron chi connectivity index (χ2n) is 4.31. The van der Waals surface area contributed by atoms with E-state index in [4.69, 9.17) is 0 Å². The number of benzene rings is 1. The Balaban J connectivity index is 0.000000415. The molecule has 104 valence electrons. The largest absolute Gasteiger partial charge is 0.346 e. The predicted molar refractivity (Wildman–Crippen MR) is 83.6 cm³/mol. The number of H-pyrrole nitrogens is 1. The van der Waals surface area contributed by atoms with Crippen LogP contribution in [-0.2, 0) is 12.8 Å². The van der Waals surface area contributed by atoms with Gasteiger partial charge in [0.1, 0.15) is 5.82 Å². The molecule has 0 amide bonds. The second-order valence-corrected chi connectivity index (χ2v) is 4.31. The van der Waals surface area contributed by atoms with Crippen molar-refractivity contribution in [1.29, 1.82) is 0 Å². The highest BCUT2D eigenvalue weighted by Crippen LogP contribution is 2.32. The lowest BCUT2D eigenvalue weighted by molar-refractivity contribution is 0.903. The van der Waals surface area contributed by atoms with Crippen LogP contribution in [0, 0.1) is 13.8 Å². The van der Waals surface area contributed by atoms with Gasteiger partial charge < -0.3 is 4.98 Å². The molecule has 19 heavy (non-hydrogen) atoms. The minimum atomic E-state index is 1.02. The third-order valence-electron chi connectivity index (χ3n) is 3.06. The van der Waals surface area contributed by atoms with Gasteiger partial charge >= 0.3 is 0 Å². The van der Waals surface area contributed by atoms with Gasteiger partial charge in [-0.05, 0) is 32.3 Å². The van der Waals surface area contributed by atoms with Crippen LogP contribution in [-0.4, -0.2) is 9.97 Å². The molecule has 1 aromatic heterocycles. The van der Waals surface area contributed by atoms with Gasteiger partial charge in [-0.2, -0.15) is 0 Å². The molecule has 0 bridgehead atoms. The van der Waals surface area contributed by atoms with Crippen molar-refractivity contribution in [3.8, 4) is 11.3 Å². The first kappa shape index (κ1) is 15.5. The maximum Gasteiger partial charge on any atom is 0.103 e. The van der Waals surface area contributed by atoms with Crippen molar-refractivity contribution in [2.24, 2.45) is 0 Å². The van der Waals surface area contributed by atoms with E-state index in [-0.39, 0.29) is 0 Å². The Labute approximate surface area is 117 Å². The van der Waals surface area contributed by atoms with Gasteiger partial charge in [0.15, 0.2) is 0 Å². The first-order valence-electron chi connectivity index (χ1n) is 7.39. The number of aryl methyl sites for hydroxylation is 4. The van der Waals surface area contributed by atoms with Crippen LogP contribution in [0.2, 0.25) is 0 Å². The van der Waals surface area contributed by atoms with Crippen LogP contribution in [0.4, 0.5) is 0 Å². The molecule has 1 aliphatic carbocycles. The SMILES string of the molecule is CC.CC.Cc1ccc2c(c1)CCc1[nH]c(C)nc1-2. The van der Waals surface area contributed by atoms with Crippen molar-refractivity contribution in [1.82, 2.24) is 9.97 Å². The van der Waals surface area contributed by atoms with E-state index in [1.165, 1.54) is 22.4 Å².